The van der Waals surface area contributed by atoms with E-state index in [1.165, 1.54) is 5.56 Å². The first-order valence-corrected chi connectivity index (χ1v) is 10.8. The number of benzene rings is 1. The molecule has 0 aliphatic carbocycles. The fraction of sp³-hybridized carbons (Fsp3) is 0.636. The maximum atomic E-state index is 12.7. The Morgan fingerprint density at radius 1 is 1.14 bits per heavy atom. The maximum absolute atomic E-state index is 12.7. The largest absolute Gasteiger partial charge is 0.333 e. The summed E-state index contributed by atoms with van der Waals surface area (Å²) in [5, 5.41) is 2.88. The van der Waals surface area contributed by atoms with Gasteiger partial charge >= 0.3 is 6.03 Å². The second kappa shape index (κ2) is 8.36. The van der Waals surface area contributed by atoms with E-state index >= 15 is 0 Å². The number of likely N-dealkylation sites (N-methyl/N-ethyl adjacent to an activating group) is 1. The van der Waals surface area contributed by atoms with Gasteiger partial charge in [-0.1, -0.05) is 45.0 Å². The minimum atomic E-state index is -0.281. The van der Waals surface area contributed by atoms with Crippen molar-refractivity contribution in [3.63, 3.8) is 0 Å². The van der Waals surface area contributed by atoms with Crippen LogP contribution in [0.2, 0.25) is 0 Å². The van der Waals surface area contributed by atoms with E-state index in [1.54, 1.807) is 23.7 Å². The number of hydrogen-bond donors (Lipinski definition) is 1. The van der Waals surface area contributed by atoms with Crippen molar-refractivity contribution in [2.75, 3.05) is 20.1 Å². The maximum Gasteiger partial charge on any atom is 0.317 e. The van der Waals surface area contributed by atoms with Gasteiger partial charge in [-0.25, -0.2) is 4.79 Å². The number of rotatable bonds is 4. The minimum absolute atomic E-state index is 0.00408. The van der Waals surface area contributed by atoms with Gasteiger partial charge in [0, 0.05) is 25.7 Å². The molecule has 2 atom stereocenters. The van der Waals surface area contributed by atoms with Crippen LogP contribution >= 0.6 is 11.8 Å². The molecule has 5 nitrogen and oxygen atoms in total. The predicted molar refractivity (Wildman–Crippen MR) is 118 cm³/mol. The zero-order valence-electron chi connectivity index (χ0n) is 18.5. The molecule has 3 amide bonds. The quantitative estimate of drug-likeness (QED) is 0.808. The Morgan fingerprint density at radius 2 is 1.71 bits per heavy atom. The lowest BCUT2D eigenvalue weighted by atomic mass is 9.86. The van der Waals surface area contributed by atoms with Crippen LogP contribution in [0.4, 0.5) is 4.79 Å². The van der Waals surface area contributed by atoms with Gasteiger partial charge in [0.15, 0.2) is 0 Å². The van der Waals surface area contributed by atoms with Crippen molar-refractivity contribution < 1.29 is 9.59 Å². The first-order chi connectivity index (χ1) is 12.8. The third kappa shape index (κ3) is 5.66. The van der Waals surface area contributed by atoms with Crippen molar-refractivity contribution in [1.29, 1.82) is 0 Å². The Morgan fingerprint density at radius 3 is 2.21 bits per heavy atom. The average molecular weight is 406 g/mol. The van der Waals surface area contributed by atoms with Crippen molar-refractivity contribution in [3.05, 3.63) is 35.4 Å². The lowest BCUT2D eigenvalue weighted by Crippen LogP contribution is -2.49. The zero-order chi connectivity index (χ0) is 21.3. The van der Waals surface area contributed by atoms with Gasteiger partial charge in [-0.15, -0.1) is 11.8 Å². The summed E-state index contributed by atoms with van der Waals surface area (Å²) in [6.07, 6.45) is 0. The SMILES string of the molecule is CC1SC(c2ccc(C(C)(C)C)cc2)N(CCN(C)C(=O)NC(C)(C)C)C1=O. The smallest absolute Gasteiger partial charge is 0.317 e. The molecule has 0 aromatic heterocycles. The van der Waals surface area contributed by atoms with E-state index in [1.807, 2.05) is 32.6 Å². The number of urea groups is 1. The van der Waals surface area contributed by atoms with Crippen LogP contribution in [0.1, 0.15) is 65.0 Å². The van der Waals surface area contributed by atoms with Gasteiger partial charge in [0.1, 0.15) is 5.37 Å². The summed E-state index contributed by atoms with van der Waals surface area (Å²) in [6, 6.07) is 8.46. The first kappa shape index (κ1) is 22.6. The molecule has 1 N–H and O–H groups in total. The number of nitrogens with one attached hydrogen (secondary N) is 1. The van der Waals surface area contributed by atoms with Gasteiger partial charge < -0.3 is 15.1 Å². The van der Waals surface area contributed by atoms with E-state index in [0.717, 1.165) is 5.56 Å². The molecule has 0 radical (unpaired) electrons. The standard InChI is InChI=1S/C22H35N3O2S/c1-15-18(26)25(14-13-24(8)20(27)23-22(5,6)7)19(28-15)16-9-11-17(12-10-16)21(2,3)4/h9-12,15,19H,13-14H2,1-8H3,(H,23,27). The molecular weight excluding hydrogens is 370 g/mol. The summed E-state index contributed by atoms with van der Waals surface area (Å²) in [5.41, 5.74) is 2.24. The predicted octanol–water partition coefficient (Wildman–Crippen LogP) is 4.39. The first-order valence-electron chi connectivity index (χ1n) is 9.89. The molecule has 1 saturated heterocycles. The normalized spacial score (nSPS) is 20.4. The van der Waals surface area contributed by atoms with Gasteiger partial charge in [-0.05, 0) is 44.2 Å². The second-order valence-electron chi connectivity index (χ2n) is 9.64. The van der Waals surface area contributed by atoms with Gasteiger partial charge in [0.25, 0.3) is 0 Å². The van der Waals surface area contributed by atoms with Crippen LogP contribution in [-0.4, -0.2) is 52.7 Å². The highest BCUT2D eigenvalue weighted by molar-refractivity contribution is 8.01. The third-order valence-corrected chi connectivity index (χ3v) is 6.21. The Bertz CT molecular complexity index is 704. The lowest BCUT2D eigenvalue weighted by Gasteiger charge is -2.29. The van der Waals surface area contributed by atoms with Crippen LogP contribution < -0.4 is 5.32 Å². The van der Waals surface area contributed by atoms with Crippen LogP contribution in [0.25, 0.3) is 0 Å². The highest BCUT2D eigenvalue weighted by Crippen LogP contribution is 2.43. The van der Waals surface area contributed by atoms with Gasteiger partial charge in [-0.2, -0.15) is 0 Å². The lowest BCUT2D eigenvalue weighted by molar-refractivity contribution is -0.129. The van der Waals surface area contributed by atoms with Crippen molar-refractivity contribution >= 4 is 23.7 Å². The molecule has 1 aromatic carbocycles. The molecular formula is C22H35N3O2S. The fourth-order valence-electron chi connectivity index (χ4n) is 3.08. The molecule has 1 aliphatic heterocycles. The molecule has 28 heavy (non-hydrogen) atoms. The Hall–Kier alpha value is -1.69. The molecule has 2 rings (SSSR count). The second-order valence-corrected chi connectivity index (χ2v) is 11.1. The number of carbonyl (C=O) groups excluding carboxylic acids is 2. The molecule has 1 fully saturated rings. The van der Waals surface area contributed by atoms with Crippen LogP contribution in [0.5, 0.6) is 0 Å². The summed E-state index contributed by atoms with van der Waals surface area (Å²) in [6.45, 7) is 15.4. The molecule has 156 valence electrons. The molecule has 1 aromatic rings. The van der Waals surface area contributed by atoms with Crippen LogP contribution in [0, 0.1) is 0 Å². The van der Waals surface area contributed by atoms with E-state index in [4.69, 9.17) is 0 Å². The van der Waals surface area contributed by atoms with Crippen LogP contribution in [0.3, 0.4) is 0 Å². The third-order valence-electron chi connectivity index (χ3n) is 4.81. The summed E-state index contributed by atoms with van der Waals surface area (Å²) in [4.78, 5) is 28.6. The molecule has 1 aliphatic rings. The Balaban J connectivity index is 2.09. The molecule has 2 unspecified atom stereocenters. The monoisotopic (exact) mass is 405 g/mol. The number of amides is 3. The van der Waals surface area contributed by atoms with Gasteiger partial charge in [0.2, 0.25) is 5.91 Å². The summed E-state index contributed by atoms with van der Waals surface area (Å²) in [7, 11) is 1.77. The molecule has 0 bridgehead atoms. The fourth-order valence-corrected chi connectivity index (χ4v) is 4.39. The number of thioether (sulfide) groups is 1. The molecule has 0 saturated carbocycles. The molecule has 0 spiro atoms. The Kier molecular flexibility index (Phi) is 6.74. The van der Waals surface area contributed by atoms with Gasteiger partial charge in [-0.3, -0.25) is 4.79 Å². The van der Waals surface area contributed by atoms with E-state index in [9.17, 15) is 9.59 Å². The molecule has 1 heterocycles. The van der Waals surface area contributed by atoms with Gasteiger partial charge in [0.05, 0.1) is 5.25 Å². The highest BCUT2D eigenvalue weighted by Gasteiger charge is 2.38. The number of nitrogens with zero attached hydrogens (tertiary/aromatic N) is 2. The number of hydrogen-bond acceptors (Lipinski definition) is 3. The van der Waals surface area contributed by atoms with E-state index in [2.05, 4.69) is 50.4 Å². The zero-order valence-corrected chi connectivity index (χ0v) is 19.3. The summed E-state index contributed by atoms with van der Waals surface area (Å²) < 4.78 is 0. The van der Waals surface area contributed by atoms with Crippen LogP contribution in [-0.2, 0) is 10.2 Å². The van der Waals surface area contributed by atoms with Crippen molar-refractivity contribution in [3.8, 4) is 0 Å². The number of carbonyl (C=O) groups is 2. The highest BCUT2D eigenvalue weighted by atomic mass is 32.2. The van der Waals surface area contributed by atoms with E-state index < -0.39 is 0 Å². The average Bonchev–Trinajstić information content (AvgIpc) is 2.85. The van der Waals surface area contributed by atoms with Crippen molar-refractivity contribution in [1.82, 2.24) is 15.1 Å². The van der Waals surface area contributed by atoms with Crippen molar-refractivity contribution in [2.24, 2.45) is 0 Å². The Labute approximate surface area is 174 Å². The van der Waals surface area contributed by atoms with E-state index in [-0.39, 0.29) is 33.5 Å². The van der Waals surface area contributed by atoms with Crippen molar-refractivity contribution in [2.45, 2.75) is 70.0 Å². The summed E-state index contributed by atoms with van der Waals surface area (Å²) >= 11 is 1.68. The van der Waals surface area contributed by atoms with Crippen LogP contribution in [0.15, 0.2) is 24.3 Å². The van der Waals surface area contributed by atoms with E-state index in [0.29, 0.717) is 13.1 Å². The summed E-state index contributed by atoms with van der Waals surface area (Å²) in [5.74, 6) is 0.138. The minimum Gasteiger partial charge on any atom is -0.333 e. The molecule has 6 heteroatoms. The topological polar surface area (TPSA) is 52.6 Å².